The molecule has 1 aliphatic carbocycles. The predicted molar refractivity (Wildman–Crippen MR) is 97.2 cm³/mol. The average molecular weight is 431 g/mol. The van der Waals surface area contributed by atoms with Gasteiger partial charge in [0.2, 0.25) is 5.91 Å². The summed E-state index contributed by atoms with van der Waals surface area (Å²) in [5.41, 5.74) is 0.264. The van der Waals surface area contributed by atoms with E-state index in [1.165, 1.54) is 0 Å². The lowest BCUT2D eigenvalue weighted by Gasteiger charge is -2.29. The summed E-state index contributed by atoms with van der Waals surface area (Å²) in [5, 5.41) is 3.26. The zero-order valence-corrected chi connectivity index (χ0v) is 16.7. The van der Waals surface area contributed by atoms with Crippen molar-refractivity contribution in [3.05, 3.63) is 27.5 Å². The average Bonchev–Trinajstić information content (AvgIpc) is 2.96. The van der Waals surface area contributed by atoms with Crippen LogP contribution in [0.5, 0.6) is 0 Å². The van der Waals surface area contributed by atoms with Gasteiger partial charge in [0.1, 0.15) is 21.4 Å². The van der Waals surface area contributed by atoms with Crippen LogP contribution < -0.4 is 5.32 Å². The van der Waals surface area contributed by atoms with E-state index in [1.807, 2.05) is 20.8 Å². The number of amides is 2. The molecule has 1 N–H and O–H groups in total. The monoisotopic (exact) mass is 429 g/mol. The molecule has 136 valence electrons. The Hall–Kier alpha value is -1.34. The van der Waals surface area contributed by atoms with Gasteiger partial charge >= 0.3 is 6.09 Å². The Morgan fingerprint density at radius 2 is 2.08 bits per heavy atom. The number of pyridine rings is 1. The highest BCUT2D eigenvalue weighted by molar-refractivity contribution is 9.10. The molecule has 1 aromatic heterocycles. The Bertz CT molecular complexity index is 681. The minimum Gasteiger partial charge on any atom is -0.444 e. The summed E-state index contributed by atoms with van der Waals surface area (Å²) in [6, 6.07) is 3.15. The first-order chi connectivity index (χ1) is 11.6. The van der Waals surface area contributed by atoms with Crippen molar-refractivity contribution in [2.45, 2.75) is 57.8 Å². The number of hydrogen-bond donors (Lipinski definition) is 1. The summed E-state index contributed by atoms with van der Waals surface area (Å²) in [4.78, 5) is 30.8. The van der Waals surface area contributed by atoms with Crippen molar-refractivity contribution in [1.82, 2.24) is 15.2 Å². The van der Waals surface area contributed by atoms with Crippen molar-refractivity contribution in [2.24, 2.45) is 5.92 Å². The zero-order valence-electron chi connectivity index (χ0n) is 14.4. The number of carbonyl (C=O) groups excluding carboxylic acids is 2. The molecular weight excluding hydrogens is 410 g/mol. The lowest BCUT2D eigenvalue weighted by atomic mass is 9.83. The molecule has 2 saturated heterocycles. The van der Waals surface area contributed by atoms with Crippen LogP contribution in [0.4, 0.5) is 4.79 Å². The number of nitrogens with one attached hydrogen (secondary N) is 1. The Morgan fingerprint density at radius 3 is 2.68 bits per heavy atom. The number of ether oxygens (including phenoxy) is 1. The van der Waals surface area contributed by atoms with E-state index in [0.717, 1.165) is 18.4 Å². The van der Waals surface area contributed by atoms with E-state index in [4.69, 9.17) is 16.3 Å². The summed E-state index contributed by atoms with van der Waals surface area (Å²) in [5.74, 6) is 0.0604. The summed E-state index contributed by atoms with van der Waals surface area (Å²) in [6.45, 7) is 5.80. The summed E-state index contributed by atoms with van der Waals surface area (Å²) in [6.07, 6.45) is 1.32. The molecule has 3 heterocycles. The van der Waals surface area contributed by atoms with E-state index >= 15 is 0 Å². The molecule has 3 fully saturated rings. The molecule has 1 aromatic rings. The second-order valence-corrected chi connectivity index (χ2v) is 8.76. The van der Waals surface area contributed by atoms with Crippen LogP contribution >= 0.6 is 27.5 Å². The fraction of sp³-hybridized carbons (Fsp3) is 0.588. The van der Waals surface area contributed by atoms with E-state index in [2.05, 4.69) is 26.2 Å². The zero-order chi connectivity index (χ0) is 18.4. The van der Waals surface area contributed by atoms with E-state index in [-0.39, 0.29) is 17.9 Å². The Balaban J connectivity index is 1.65. The smallest absolute Gasteiger partial charge is 0.411 e. The van der Waals surface area contributed by atoms with Gasteiger partial charge in [0.25, 0.3) is 0 Å². The minimum absolute atomic E-state index is 0.111. The molecule has 6 nitrogen and oxygen atoms in total. The minimum atomic E-state index is -0.578. The normalized spacial score (nSPS) is 24.7. The maximum atomic E-state index is 12.7. The third-order valence-corrected chi connectivity index (χ3v) is 5.05. The van der Waals surface area contributed by atoms with E-state index in [1.54, 1.807) is 17.0 Å². The highest BCUT2D eigenvalue weighted by atomic mass is 79.9. The molecule has 2 bridgehead atoms. The van der Waals surface area contributed by atoms with Crippen LogP contribution in [-0.4, -0.2) is 39.6 Å². The third-order valence-electron chi connectivity index (χ3n) is 4.45. The molecule has 2 amide bonds. The lowest BCUT2D eigenvalue weighted by Crippen LogP contribution is -2.47. The van der Waals surface area contributed by atoms with Gasteiger partial charge in [0, 0.05) is 12.6 Å². The molecule has 1 atom stereocenters. The van der Waals surface area contributed by atoms with Gasteiger partial charge in [-0.15, -0.1) is 0 Å². The van der Waals surface area contributed by atoms with Crippen LogP contribution in [0.25, 0.3) is 0 Å². The number of aromatic nitrogens is 1. The number of rotatable bonds is 3. The molecule has 0 spiro atoms. The van der Waals surface area contributed by atoms with Crippen molar-refractivity contribution in [3.63, 3.8) is 0 Å². The number of carbonyl (C=O) groups is 2. The van der Waals surface area contributed by atoms with E-state index in [9.17, 15) is 9.59 Å². The number of fused-ring (bicyclic) bond motifs is 1. The van der Waals surface area contributed by atoms with Gasteiger partial charge in [0.15, 0.2) is 0 Å². The molecule has 0 radical (unpaired) electrons. The van der Waals surface area contributed by atoms with Crippen molar-refractivity contribution < 1.29 is 14.3 Å². The van der Waals surface area contributed by atoms with Crippen LogP contribution in [0.2, 0.25) is 5.15 Å². The van der Waals surface area contributed by atoms with Crippen LogP contribution in [-0.2, 0) is 16.1 Å². The van der Waals surface area contributed by atoms with Crippen molar-refractivity contribution in [2.75, 3.05) is 0 Å². The first-order valence-electron chi connectivity index (χ1n) is 8.25. The maximum absolute atomic E-state index is 12.7. The quantitative estimate of drug-likeness (QED) is 0.745. The summed E-state index contributed by atoms with van der Waals surface area (Å²) in [7, 11) is 0. The molecule has 8 heteroatoms. The summed E-state index contributed by atoms with van der Waals surface area (Å²) >= 11 is 9.21. The molecule has 25 heavy (non-hydrogen) atoms. The number of halogens is 2. The lowest BCUT2D eigenvalue weighted by molar-refractivity contribution is -0.125. The summed E-state index contributed by atoms with van der Waals surface area (Å²) < 4.78 is 6.08. The molecule has 4 rings (SSSR count). The maximum Gasteiger partial charge on any atom is 0.411 e. The van der Waals surface area contributed by atoms with Gasteiger partial charge in [-0.25, -0.2) is 9.78 Å². The van der Waals surface area contributed by atoms with Crippen LogP contribution in [0, 0.1) is 5.92 Å². The van der Waals surface area contributed by atoms with Crippen LogP contribution in [0.3, 0.4) is 0 Å². The van der Waals surface area contributed by atoms with Crippen molar-refractivity contribution in [1.29, 1.82) is 0 Å². The molecule has 1 unspecified atom stereocenters. The van der Waals surface area contributed by atoms with Gasteiger partial charge in [-0.2, -0.15) is 0 Å². The van der Waals surface area contributed by atoms with E-state index in [0.29, 0.717) is 16.3 Å². The molecule has 2 aliphatic heterocycles. The van der Waals surface area contributed by atoms with Crippen LogP contribution in [0.1, 0.15) is 39.2 Å². The van der Waals surface area contributed by atoms with Gasteiger partial charge in [-0.3, -0.25) is 9.69 Å². The Kier molecular flexibility index (Phi) is 4.99. The topological polar surface area (TPSA) is 71.5 Å². The third kappa shape index (κ3) is 4.08. The highest BCUT2D eigenvalue weighted by Crippen LogP contribution is 2.46. The first kappa shape index (κ1) is 18.5. The Morgan fingerprint density at radius 1 is 1.40 bits per heavy atom. The van der Waals surface area contributed by atoms with E-state index < -0.39 is 17.7 Å². The van der Waals surface area contributed by atoms with Gasteiger partial charge in [-0.1, -0.05) is 11.6 Å². The fourth-order valence-corrected chi connectivity index (χ4v) is 4.22. The Labute approximate surface area is 160 Å². The largest absolute Gasteiger partial charge is 0.444 e. The van der Waals surface area contributed by atoms with Crippen molar-refractivity contribution in [3.8, 4) is 0 Å². The van der Waals surface area contributed by atoms with Gasteiger partial charge < -0.3 is 10.1 Å². The standard InChI is InChI=1S/C17H21BrClN3O3/c1-17(2,3)25-16(24)22-11-6-10(7-11)14(22)15(23)20-8-9-4-12(18)21-13(19)5-9/h4-5,10-11,14H,6-8H2,1-3H3,(H,20,23). The highest BCUT2D eigenvalue weighted by Gasteiger charge is 2.56. The number of hydrogen-bond acceptors (Lipinski definition) is 4. The second kappa shape index (κ2) is 6.76. The van der Waals surface area contributed by atoms with Gasteiger partial charge in [0.05, 0.1) is 0 Å². The fourth-order valence-electron chi connectivity index (χ4n) is 3.40. The number of nitrogens with zero attached hydrogens (tertiary/aromatic N) is 2. The SMILES string of the molecule is CC(C)(C)OC(=O)N1C2CC(C2)C1C(=O)NCc1cc(Cl)nc(Br)c1. The predicted octanol–water partition coefficient (Wildman–Crippen LogP) is 3.51. The molecule has 3 aliphatic rings. The molecule has 1 saturated carbocycles. The van der Waals surface area contributed by atoms with Crippen molar-refractivity contribution >= 4 is 39.5 Å². The first-order valence-corrected chi connectivity index (χ1v) is 9.42. The second-order valence-electron chi connectivity index (χ2n) is 7.56. The van der Waals surface area contributed by atoms with Crippen LogP contribution in [0.15, 0.2) is 16.7 Å². The molecule has 0 aromatic carbocycles. The molecular formula is C17H21BrClN3O3. The van der Waals surface area contributed by atoms with Gasteiger partial charge in [-0.05, 0) is 73.2 Å².